The molecule has 90 valence electrons. The molecule has 0 spiro atoms. The molecular weight excluding hydrogens is 196 g/mol. The van der Waals surface area contributed by atoms with E-state index in [1.54, 1.807) is 5.20 Å². The molecule has 0 unspecified atom stereocenters. The summed E-state index contributed by atoms with van der Waals surface area (Å²) >= 11 is 0. The van der Waals surface area contributed by atoms with Gasteiger partial charge in [0.15, 0.2) is 0 Å². The van der Waals surface area contributed by atoms with E-state index >= 15 is 0 Å². The number of hydrogen-bond donors (Lipinski definition) is 0. The highest BCUT2D eigenvalue weighted by molar-refractivity contribution is 6.83. The monoisotopic (exact) mass is 226 g/mol. The summed E-state index contributed by atoms with van der Waals surface area (Å²) in [4.78, 5) is 0. The molecule has 0 aliphatic heterocycles. The lowest BCUT2D eigenvalue weighted by Crippen LogP contribution is -2.24. The third kappa shape index (κ3) is 7.84. The fourth-order valence-corrected chi connectivity index (χ4v) is 3.50. The van der Waals surface area contributed by atoms with Crippen molar-refractivity contribution in [3.05, 3.63) is 11.3 Å². The summed E-state index contributed by atoms with van der Waals surface area (Å²) in [7, 11) is -1.02. The standard InChI is InChI=1S/C14H30Si/c1-6-8-10-11-13-14(12-9-7-2)15(3,4)5/h13H,6-12H2,1-5H3/b14-13+. The van der Waals surface area contributed by atoms with Crippen molar-refractivity contribution in [2.45, 2.75) is 78.4 Å². The van der Waals surface area contributed by atoms with E-state index in [0.717, 1.165) is 0 Å². The van der Waals surface area contributed by atoms with Crippen LogP contribution in [0.15, 0.2) is 11.3 Å². The Hall–Kier alpha value is -0.0431. The van der Waals surface area contributed by atoms with E-state index < -0.39 is 8.07 Å². The highest BCUT2D eigenvalue weighted by Crippen LogP contribution is 2.21. The minimum atomic E-state index is -1.02. The predicted molar refractivity (Wildman–Crippen MR) is 75.1 cm³/mol. The van der Waals surface area contributed by atoms with Gasteiger partial charge >= 0.3 is 0 Å². The molecule has 0 atom stereocenters. The van der Waals surface area contributed by atoms with Gasteiger partial charge in [0, 0.05) is 0 Å². The van der Waals surface area contributed by atoms with Gasteiger partial charge in [-0.05, 0) is 19.3 Å². The number of allylic oxidation sites excluding steroid dienone is 2. The lowest BCUT2D eigenvalue weighted by Gasteiger charge is -2.21. The van der Waals surface area contributed by atoms with Crippen molar-refractivity contribution in [1.29, 1.82) is 0 Å². The Morgan fingerprint density at radius 1 is 0.933 bits per heavy atom. The molecule has 0 aliphatic rings. The first-order valence-electron chi connectivity index (χ1n) is 6.71. The van der Waals surface area contributed by atoms with Gasteiger partial charge in [0.1, 0.15) is 0 Å². The van der Waals surface area contributed by atoms with Gasteiger partial charge < -0.3 is 0 Å². The van der Waals surface area contributed by atoms with E-state index in [2.05, 4.69) is 39.6 Å². The lowest BCUT2D eigenvalue weighted by atomic mass is 10.1. The summed E-state index contributed by atoms with van der Waals surface area (Å²) < 4.78 is 0. The molecule has 0 saturated carbocycles. The van der Waals surface area contributed by atoms with Crippen LogP contribution in [0.25, 0.3) is 0 Å². The predicted octanol–water partition coefficient (Wildman–Crippen LogP) is 5.56. The van der Waals surface area contributed by atoms with Crippen LogP contribution in [0, 0.1) is 0 Å². The van der Waals surface area contributed by atoms with Gasteiger partial charge in [0.25, 0.3) is 0 Å². The highest BCUT2D eigenvalue weighted by Gasteiger charge is 2.18. The van der Waals surface area contributed by atoms with Crippen LogP contribution in [-0.4, -0.2) is 8.07 Å². The average molecular weight is 226 g/mol. The molecule has 0 aliphatic carbocycles. The van der Waals surface area contributed by atoms with E-state index in [-0.39, 0.29) is 0 Å². The molecule has 1 heteroatoms. The van der Waals surface area contributed by atoms with Crippen molar-refractivity contribution in [2.24, 2.45) is 0 Å². The summed E-state index contributed by atoms with van der Waals surface area (Å²) in [6, 6.07) is 0. The molecule has 0 aromatic carbocycles. The van der Waals surface area contributed by atoms with Crippen molar-refractivity contribution in [3.63, 3.8) is 0 Å². The summed E-state index contributed by atoms with van der Waals surface area (Å²) in [6.45, 7) is 12.0. The van der Waals surface area contributed by atoms with E-state index in [1.807, 2.05) is 0 Å². The molecule has 0 aromatic heterocycles. The Balaban J connectivity index is 4.10. The smallest absolute Gasteiger partial charge is 0.0720 e. The third-order valence-electron chi connectivity index (χ3n) is 2.96. The summed E-state index contributed by atoms with van der Waals surface area (Å²) in [5, 5.41) is 1.81. The highest BCUT2D eigenvalue weighted by atomic mass is 28.3. The number of rotatable bonds is 8. The van der Waals surface area contributed by atoms with E-state index in [1.165, 1.54) is 44.9 Å². The summed E-state index contributed by atoms with van der Waals surface area (Å²) in [5.74, 6) is 0. The van der Waals surface area contributed by atoms with Gasteiger partial charge in [-0.1, -0.05) is 70.4 Å². The molecule has 0 rings (SSSR count). The van der Waals surface area contributed by atoms with Crippen LogP contribution >= 0.6 is 0 Å². The van der Waals surface area contributed by atoms with Gasteiger partial charge in [0.05, 0.1) is 8.07 Å². The Kier molecular flexibility index (Phi) is 8.13. The van der Waals surface area contributed by atoms with Crippen LogP contribution in [0.3, 0.4) is 0 Å². The lowest BCUT2D eigenvalue weighted by molar-refractivity contribution is 0.724. The van der Waals surface area contributed by atoms with Gasteiger partial charge in [0.2, 0.25) is 0 Å². The third-order valence-corrected chi connectivity index (χ3v) is 5.34. The van der Waals surface area contributed by atoms with Gasteiger partial charge in [-0.15, -0.1) is 0 Å². The average Bonchev–Trinajstić information content (AvgIpc) is 2.15. The van der Waals surface area contributed by atoms with Crippen LogP contribution in [0.5, 0.6) is 0 Å². The topological polar surface area (TPSA) is 0 Å². The molecule has 0 heterocycles. The van der Waals surface area contributed by atoms with Crippen LogP contribution in [-0.2, 0) is 0 Å². The zero-order chi connectivity index (χ0) is 11.7. The largest absolute Gasteiger partial charge is 0.0892 e. The second-order valence-electron chi connectivity index (χ2n) is 5.58. The molecule has 15 heavy (non-hydrogen) atoms. The Morgan fingerprint density at radius 2 is 1.53 bits per heavy atom. The van der Waals surface area contributed by atoms with Gasteiger partial charge in [-0.3, -0.25) is 0 Å². The van der Waals surface area contributed by atoms with Crippen LogP contribution in [0.4, 0.5) is 0 Å². The normalized spacial score (nSPS) is 13.3. The minimum absolute atomic E-state index is 1.02. The molecule has 0 nitrogen and oxygen atoms in total. The second kappa shape index (κ2) is 8.15. The van der Waals surface area contributed by atoms with Crippen LogP contribution in [0.1, 0.15) is 58.8 Å². The SMILES string of the molecule is CCCCC/C=C(\CCCC)[Si](C)(C)C. The molecule has 0 amide bonds. The molecule has 0 N–H and O–H groups in total. The molecule has 0 fully saturated rings. The number of unbranched alkanes of at least 4 members (excludes halogenated alkanes) is 4. The first kappa shape index (κ1) is 15.0. The van der Waals surface area contributed by atoms with E-state index in [0.29, 0.717) is 0 Å². The molecular formula is C14H30Si. The van der Waals surface area contributed by atoms with Gasteiger partial charge in [-0.25, -0.2) is 0 Å². The maximum absolute atomic E-state index is 2.57. The van der Waals surface area contributed by atoms with E-state index in [9.17, 15) is 0 Å². The fourth-order valence-electron chi connectivity index (χ4n) is 1.82. The summed E-state index contributed by atoms with van der Waals surface area (Å²) in [5.41, 5.74) is 0. The maximum Gasteiger partial charge on any atom is 0.0720 e. The molecule has 0 bridgehead atoms. The van der Waals surface area contributed by atoms with E-state index in [4.69, 9.17) is 0 Å². The van der Waals surface area contributed by atoms with Crippen molar-refractivity contribution in [3.8, 4) is 0 Å². The maximum atomic E-state index is 2.57. The Labute approximate surface area is 98.2 Å². The Morgan fingerprint density at radius 3 is 2.00 bits per heavy atom. The zero-order valence-corrected chi connectivity index (χ0v) is 12.5. The first-order valence-corrected chi connectivity index (χ1v) is 10.2. The van der Waals surface area contributed by atoms with Crippen LogP contribution in [0.2, 0.25) is 19.6 Å². The zero-order valence-electron chi connectivity index (χ0n) is 11.5. The molecule has 0 aromatic rings. The quantitative estimate of drug-likeness (QED) is 0.375. The van der Waals surface area contributed by atoms with Crippen molar-refractivity contribution in [1.82, 2.24) is 0 Å². The molecule has 0 radical (unpaired) electrons. The minimum Gasteiger partial charge on any atom is -0.0892 e. The second-order valence-corrected chi connectivity index (χ2v) is 10.7. The van der Waals surface area contributed by atoms with Crippen molar-refractivity contribution < 1.29 is 0 Å². The first-order chi connectivity index (χ1) is 7.02. The fraction of sp³-hybridized carbons (Fsp3) is 0.857. The number of hydrogen-bond acceptors (Lipinski definition) is 0. The Bertz CT molecular complexity index is 174. The van der Waals surface area contributed by atoms with Crippen LogP contribution < -0.4 is 0 Å². The van der Waals surface area contributed by atoms with Gasteiger partial charge in [-0.2, -0.15) is 0 Å². The summed E-state index contributed by atoms with van der Waals surface area (Å²) in [6.07, 6.45) is 12.1. The van der Waals surface area contributed by atoms with Crippen molar-refractivity contribution >= 4 is 8.07 Å². The van der Waals surface area contributed by atoms with Crippen molar-refractivity contribution in [2.75, 3.05) is 0 Å². The molecule has 0 saturated heterocycles.